The maximum absolute atomic E-state index is 14.3. The largest absolute Gasteiger partial charge is 0.488 e. The average Bonchev–Trinajstić information content (AvgIpc) is 3.22. The van der Waals surface area contributed by atoms with Crippen LogP contribution in [0.3, 0.4) is 0 Å². The van der Waals surface area contributed by atoms with Crippen LogP contribution in [0.2, 0.25) is 0 Å². The van der Waals surface area contributed by atoms with Crippen LogP contribution in [-0.2, 0) is 42.9 Å². The monoisotopic (exact) mass is 807 g/mol. The second-order valence-corrected chi connectivity index (χ2v) is 17.6. The van der Waals surface area contributed by atoms with Crippen molar-refractivity contribution in [1.82, 2.24) is 4.90 Å². The number of esters is 1. The third kappa shape index (κ3) is 11.9. The van der Waals surface area contributed by atoms with Crippen LogP contribution >= 0.6 is 0 Å². The third-order valence-electron chi connectivity index (χ3n) is 12.9. The number of para-hydroxylation sites is 1. The first-order valence-electron chi connectivity index (χ1n) is 21.7. The number of piperidine rings is 1. The lowest BCUT2D eigenvalue weighted by Crippen LogP contribution is -2.58. The van der Waals surface area contributed by atoms with Crippen LogP contribution < -0.4 is 4.74 Å². The number of carbonyl (C=O) groups is 4. The molecular formula is C47H69NO10. The fraction of sp³-hybridized carbons (Fsp3) is 0.702. The molecular weight excluding hydrogens is 739 g/mol. The van der Waals surface area contributed by atoms with Gasteiger partial charge in [0.25, 0.3) is 5.91 Å². The van der Waals surface area contributed by atoms with Gasteiger partial charge in [-0.15, -0.1) is 0 Å². The van der Waals surface area contributed by atoms with Gasteiger partial charge in [-0.2, -0.15) is 0 Å². The molecule has 3 heterocycles. The lowest BCUT2D eigenvalue weighted by atomic mass is 9.82. The molecule has 58 heavy (non-hydrogen) atoms. The second kappa shape index (κ2) is 21.7. The summed E-state index contributed by atoms with van der Waals surface area (Å²) in [6.07, 6.45) is 8.48. The van der Waals surface area contributed by atoms with Crippen LogP contribution in [0.25, 0.3) is 0 Å². The van der Waals surface area contributed by atoms with Crippen molar-refractivity contribution < 1.29 is 47.6 Å². The van der Waals surface area contributed by atoms with Crippen molar-refractivity contribution >= 4 is 23.4 Å². The van der Waals surface area contributed by atoms with E-state index in [9.17, 15) is 19.2 Å². The summed E-state index contributed by atoms with van der Waals surface area (Å²) in [5.41, 5.74) is 2.02. The molecule has 2 saturated heterocycles. The Kier molecular flexibility index (Phi) is 17.1. The van der Waals surface area contributed by atoms with Gasteiger partial charge in [-0.1, -0.05) is 56.7 Å². The Morgan fingerprint density at radius 3 is 2.22 bits per heavy atom. The Morgan fingerprint density at radius 1 is 0.810 bits per heavy atom. The highest BCUT2D eigenvalue weighted by atomic mass is 16.6. The fourth-order valence-electron chi connectivity index (χ4n) is 9.65. The first-order valence-corrected chi connectivity index (χ1v) is 21.7. The highest BCUT2D eigenvalue weighted by molar-refractivity contribution is 6.38. The molecule has 0 N–H and O–H groups in total. The molecule has 1 aliphatic carbocycles. The van der Waals surface area contributed by atoms with Gasteiger partial charge in [0.1, 0.15) is 42.0 Å². The molecule has 5 rings (SSSR count). The smallest absolute Gasteiger partial charge is 0.329 e. The van der Waals surface area contributed by atoms with Crippen LogP contribution in [0, 0.1) is 23.7 Å². The Morgan fingerprint density at radius 2 is 1.52 bits per heavy atom. The summed E-state index contributed by atoms with van der Waals surface area (Å²) in [5, 5.41) is 0. The van der Waals surface area contributed by atoms with E-state index in [1.165, 1.54) is 4.90 Å². The fourth-order valence-corrected chi connectivity index (χ4v) is 9.65. The molecule has 0 aromatic heterocycles. The number of ether oxygens (including phenoxy) is 6. The van der Waals surface area contributed by atoms with Crippen molar-refractivity contribution in [2.75, 3.05) is 27.9 Å². The predicted molar refractivity (Wildman–Crippen MR) is 221 cm³/mol. The number of rotatable bonds is 7. The molecule has 1 aromatic carbocycles. The summed E-state index contributed by atoms with van der Waals surface area (Å²) in [5.74, 6) is -1.06. The van der Waals surface area contributed by atoms with Crippen molar-refractivity contribution in [3.05, 3.63) is 53.6 Å². The number of hydrogen-bond donors (Lipinski definition) is 0. The molecule has 4 aliphatic rings. The van der Waals surface area contributed by atoms with E-state index < -0.39 is 42.0 Å². The van der Waals surface area contributed by atoms with Crippen LogP contribution in [-0.4, -0.2) is 105 Å². The molecule has 12 atom stereocenters. The van der Waals surface area contributed by atoms with Gasteiger partial charge >= 0.3 is 5.97 Å². The number of benzene rings is 1. The number of allylic oxidation sites excluding steroid dienone is 3. The molecule has 3 fully saturated rings. The number of amides is 1. The number of fused-ring (bicyclic) bond motifs is 3. The van der Waals surface area contributed by atoms with Crippen LogP contribution in [0.15, 0.2) is 53.6 Å². The highest BCUT2D eigenvalue weighted by Crippen LogP contribution is 2.36. The molecule has 0 spiro atoms. The molecule has 12 unspecified atom stereocenters. The molecule has 11 nitrogen and oxygen atoms in total. The van der Waals surface area contributed by atoms with E-state index in [1.807, 2.05) is 57.2 Å². The van der Waals surface area contributed by atoms with E-state index in [4.69, 9.17) is 28.4 Å². The minimum Gasteiger partial charge on any atom is -0.488 e. The zero-order valence-corrected chi connectivity index (χ0v) is 36.2. The van der Waals surface area contributed by atoms with Crippen molar-refractivity contribution in [3.63, 3.8) is 0 Å². The van der Waals surface area contributed by atoms with Gasteiger partial charge in [-0.25, -0.2) is 4.79 Å². The highest BCUT2D eigenvalue weighted by Gasteiger charge is 2.47. The van der Waals surface area contributed by atoms with Gasteiger partial charge in [0.05, 0.1) is 18.3 Å². The topological polar surface area (TPSA) is 127 Å². The molecule has 11 heteroatoms. The van der Waals surface area contributed by atoms with Gasteiger partial charge in [-0.3, -0.25) is 14.4 Å². The van der Waals surface area contributed by atoms with E-state index in [-0.39, 0.29) is 60.4 Å². The van der Waals surface area contributed by atoms with E-state index in [0.717, 1.165) is 49.0 Å². The lowest BCUT2D eigenvalue weighted by Gasteiger charge is -2.43. The Labute approximate surface area is 346 Å². The van der Waals surface area contributed by atoms with Crippen LogP contribution in [0.1, 0.15) is 112 Å². The third-order valence-corrected chi connectivity index (χ3v) is 12.9. The normalized spacial score (nSPS) is 35.6. The standard InChI is InChI=1S/C47H69NO10/c1-29-17-20-35(49)21-18-31(3)43(32(4)26-34-19-22-38(39(28-34)53-6)56-36-14-10-9-11-15-36)58-47(52)37-16-12-13-23-48(37)46(51)42(50)44-33(5)27-41(55-8)45(57-44)40(54-7)25-30(2)24-29/h9-11,14-15,17,26,30-31,33-34,37-41,43-45H,12-13,16,18-25,27-28H2,1-8H3. The van der Waals surface area contributed by atoms with Crippen molar-refractivity contribution in [2.45, 2.75) is 160 Å². The van der Waals surface area contributed by atoms with Gasteiger partial charge in [0.2, 0.25) is 5.78 Å². The summed E-state index contributed by atoms with van der Waals surface area (Å²) in [6.45, 7) is 10.4. The van der Waals surface area contributed by atoms with Gasteiger partial charge in [-0.05, 0) is 119 Å². The Bertz CT molecular complexity index is 1590. The van der Waals surface area contributed by atoms with Crippen LogP contribution in [0.5, 0.6) is 5.75 Å². The Balaban J connectivity index is 1.41. The minimum atomic E-state index is -1.00. The van der Waals surface area contributed by atoms with Gasteiger partial charge < -0.3 is 33.3 Å². The van der Waals surface area contributed by atoms with Crippen molar-refractivity contribution in [1.29, 1.82) is 0 Å². The molecule has 1 saturated carbocycles. The van der Waals surface area contributed by atoms with Crippen molar-refractivity contribution in [3.8, 4) is 5.75 Å². The number of hydrogen-bond acceptors (Lipinski definition) is 10. The van der Waals surface area contributed by atoms with Gasteiger partial charge in [0.15, 0.2) is 0 Å². The van der Waals surface area contributed by atoms with E-state index in [0.29, 0.717) is 44.9 Å². The minimum absolute atomic E-state index is 0.0802. The van der Waals surface area contributed by atoms with Crippen molar-refractivity contribution in [2.24, 2.45) is 23.7 Å². The van der Waals surface area contributed by atoms with E-state index >= 15 is 0 Å². The SMILES string of the molecule is COC1CC(C=C(C)C2OC(=O)C3CCCCN3C(=O)C(=O)C3OC(C(OC)CC(C)CC(C)=CCC(=O)CCC2C)C(OC)CC3C)CCC1Oc1ccccc1. The van der Waals surface area contributed by atoms with Crippen LogP contribution in [0.4, 0.5) is 0 Å². The zero-order valence-electron chi connectivity index (χ0n) is 36.2. The molecule has 1 aromatic rings. The number of cyclic esters (lactones) is 1. The predicted octanol–water partition coefficient (Wildman–Crippen LogP) is 7.63. The van der Waals surface area contributed by atoms with E-state index in [1.54, 1.807) is 21.3 Å². The number of nitrogens with zero attached hydrogens (tertiary/aromatic N) is 1. The molecule has 1 amide bonds. The molecule has 0 radical (unpaired) electrons. The molecule has 3 aliphatic heterocycles. The molecule has 322 valence electrons. The summed E-state index contributed by atoms with van der Waals surface area (Å²) in [7, 11) is 4.98. The first kappa shape index (κ1) is 45.7. The first-order chi connectivity index (χ1) is 27.8. The summed E-state index contributed by atoms with van der Waals surface area (Å²) in [4.78, 5) is 57.4. The maximum atomic E-state index is 14.3. The maximum Gasteiger partial charge on any atom is 0.329 e. The summed E-state index contributed by atoms with van der Waals surface area (Å²) < 4.78 is 37.1. The Hall–Kier alpha value is -3.38. The lowest BCUT2D eigenvalue weighted by molar-refractivity contribution is -0.199. The van der Waals surface area contributed by atoms with E-state index in [2.05, 4.69) is 19.9 Å². The molecule has 2 bridgehead atoms. The number of carbonyl (C=O) groups excluding carboxylic acids is 4. The zero-order chi connectivity index (χ0) is 41.9. The number of ketones is 2. The second-order valence-electron chi connectivity index (χ2n) is 17.6. The average molecular weight is 808 g/mol. The number of Topliss-reactive ketones (excluding diaryl/α,β-unsaturated/α-hetero) is 2. The van der Waals surface area contributed by atoms with Gasteiger partial charge in [0, 0.05) is 40.7 Å². The summed E-state index contributed by atoms with van der Waals surface area (Å²) >= 11 is 0. The quantitative estimate of drug-likeness (QED) is 0.154. The number of methoxy groups -OCH3 is 3. The summed E-state index contributed by atoms with van der Waals surface area (Å²) in [6, 6.07) is 8.88.